The molecule has 1 aromatic heterocycles. The number of aromatic nitrogens is 2. The number of carbonyl (C=O) groups excluding carboxylic acids is 1. The molecule has 2 heterocycles. The van der Waals surface area contributed by atoms with Crippen molar-refractivity contribution >= 4 is 28.4 Å². The second-order valence-electron chi connectivity index (χ2n) is 7.21. The minimum absolute atomic E-state index is 0.100. The van der Waals surface area contributed by atoms with Crippen LogP contribution in [0.5, 0.6) is 0 Å². The minimum atomic E-state index is -0.780. The first-order chi connectivity index (χ1) is 14.4. The number of ether oxygens (including phenoxy) is 1. The lowest BCUT2D eigenvalue weighted by molar-refractivity contribution is 0.0937. The van der Waals surface area contributed by atoms with Gasteiger partial charge >= 0.3 is 0 Å². The molecule has 0 bridgehead atoms. The van der Waals surface area contributed by atoms with E-state index >= 15 is 0 Å². The van der Waals surface area contributed by atoms with Crippen LogP contribution in [0.25, 0.3) is 10.9 Å². The summed E-state index contributed by atoms with van der Waals surface area (Å²) in [5, 5.41) is 0.0620. The summed E-state index contributed by atoms with van der Waals surface area (Å²) in [4.78, 5) is 30.5. The Bertz CT molecular complexity index is 1160. The first kappa shape index (κ1) is 20.7. The molecule has 2 atom stereocenters. The molecule has 0 radical (unpaired) electrons. The van der Waals surface area contributed by atoms with Gasteiger partial charge in [0.25, 0.3) is 5.56 Å². The maximum atomic E-state index is 14.1. The van der Waals surface area contributed by atoms with E-state index in [0.29, 0.717) is 29.2 Å². The molecular formula is C22H20F2N2O3S. The number of halogens is 2. The molecule has 2 unspecified atom stereocenters. The van der Waals surface area contributed by atoms with Gasteiger partial charge in [0.05, 0.1) is 34.4 Å². The van der Waals surface area contributed by atoms with Crippen molar-refractivity contribution in [2.24, 2.45) is 0 Å². The Hall–Kier alpha value is -2.58. The Balaban J connectivity index is 1.70. The highest BCUT2D eigenvalue weighted by molar-refractivity contribution is 8.00. The van der Waals surface area contributed by atoms with Crippen LogP contribution < -0.4 is 5.56 Å². The molecule has 2 aromatic carbocycles. The van der Waals surface area contributed by atoms with Crippen molar-refractivity contribution in [3.63, 3.8) is 0 Å². The molecule has 0 amide bonds. The van der Waals surface area contributed by atoms with Gasteiger partial charge in [0, 0.05) is 6.61 Å². The van der Waals surface area contributed by atoms with Gasteiger partial charge < -0.3 is 4.74 Å². The van der Waals surface area contributed by atoms with E-state index in [4.69, 9.17) is 4.74 Å². The minimum Gasteiger partial charge on any atom is -0.376 e. The molecule has 30 heavy (non-hydrogen) atoms. The Morgan fingerprint density at radius 1 is 1.30 bits per heavy atom. The first-order valence-electron chi connectivity index (χ1n) is 9.71. The second-order valence-corrected chi connectivity index (χ2v) is 8.52. The Labute approximate surface area is 176 Å². The number of hydrogen-bond donors (Lipinski definition) is 0. The molecule has 0 N–H and O–H groups in total. The van der Waals surface area contributed by atoms with Gasteiger partial charge in [-0.25, -0.2) is 13.8 Å². The fraction of sp³-hybridized carbons (Fsp3) is 0.318. The molecule has 3 aromatic rings. The number of rotatable bonds is 6. The molecular weight excluding hydrogens is 410 g/mol. The molecule has 1 fully saturated rings. The largest absolute Gasteiger partial charge is 0.376 e. The SMILES string of the molecule is CC(Sc1nc2ccccc2c(=O)n1CC1CCCO1)C(=O)c1cc(F)ccc1F. The second kappa shape index (κ2) is 8.65. The van der Waals surface area contributed by atoms with Crippen LogP contribution in [0.1, 0.15) is 30.1 Å². The number of thioether (sulfide) groups is 1. The smallest absolute Gasteiger partial charge is 0.262 e. The van der Waals surface area contributed by atoms with Crippen molar-refractivity contribution in [1.29, 1.82) is 0 Å². The van der Waals surface area contributed by atoms with Crippen LogP contribution >= 0.6 is 11.8 Å². The number of Topliss-reactive ketones (excluding diaryl/α,β-unsaturated/α-hetero) is 1. The van der Waals surface area contributed by atoms with Crippen molar-refractivity contribution in [2.75, 3.05) is 6.61 Å². The topological polar surface area (TPSA) is 61.2 Å². The van der Waals surface area contributed by atoms with Crippen molar-refractivity contribution in [2.45, 2.75) is 42.8 Å². The highest BCUT2D eigenvalue weighted by Crippen LogP contribution is 2.27. The molecule has 156 valence electrons. The summed E-state index contributed by atoms with van der Waals surface area (Å²) >= 11 is 1.06. The highest BCUT2D eigenvalue weighted by Gasteiger charge is 2.25. The van der Waals surface area contributed by atoms with Crippen molar-refractivity contribution in [3.05, 3.63) is 70.0 Å². The van der Waals surface area contributed by atoms with E-state index in [1.807, 2.05) is 0 Å². The van der Waals surface area contributed by atoms with E-state index in [2.05, 4.69) is 4.98 Å². The van der Waals surface area contributed by atoms with Crippen LogP contribution in [-0.4, -0.2) is 33.3 Å². The number of nitrogens with zero attached hydrogens (tertiary/aromatic N) is 2. The fourth-order valence-corrected chi connectivity index (χ4v) is 4.49. The Kier molecular flexibility index (Phi) is 5.97. The van der Waals surface area contributed by atoms with E-state index in [-0.39, 0.29) is 17.2 Å². The molecule has 0 spiro atoms. The van der Waals surface area contributed by atoms with Gasteiger partial charge in [-0.1, -0.05) is 23.9 Å². The van der Waals surface area contributed by atoms with E-state index in [1.54, 1.807) is 31.2 Å². The molecule has 0 saturated carbocycles. The summed E-state index contributed by atoms with van der Waals surface area (Å²) in [6.45, 7) is 2.57. The molecule has 4 rings (SSSR count). The normalized spacial score (nSPS) is 17.4. The predicted octanol–water partition coefficient (Wildman–Crippen LogP) is 4.22. The van der Waals surface area contributed by atoms with Gasteiger partial charge in [-0.2, -0.15) is 0 Å². The molecule has 1 aliphatic rings. The lowest BCUT2D eigenvalue weighted by Crippen LogP contribution is -2.29. The van der Waals surface area contributed by atoms with E-state index < -0.39 is 22.7 Å². The first-order valence-corrected chi connectivity index (χ1v) is 10.6. The number of fused-ring (bicyclic) bond motifs is 1. The molecule has 0 aliphatic carbocycles. The number of carbonyl (C=O) groups is 1. The van der Waals surface area contributed by atoms with Crippen LogP contribution in [0.15, 0.2) is 52.4 Å². The average molecular weight is 430 g/mol. The predicted molar refractivity (Wildman–Crippen MR) is 111 cm³/mol. The summed E-state index contributed by atoms with van der Waals surface area (Å²) in [5.41, 5.74) is -0.0100. The van der Waals surface area contributed by atoms with Gasteiger partial charge in [0.15, 0.2) is 10.9 Å². The van der Waals surface area contributed by atoms with Crippen LogP contribution in [-0.2, 0) is 11.3 Å². The molecule has 1 aliphatic heterocycles. The summed E-state index contributed by atoms with van der Waals surface area (Å²) in [5.74, 6) is -2.03. The lowest BCUT2D eigenvalue weighted by atomic mass is 10.1. The average Bonchev–Trinajstić information content (AvgIpc) is 3.25. The number of ketones is 1. The molecule has 5 nitrogen and oxygen atoms in total. The summed E-state index contributed by atoms with van der Waals surface area (Å²) in [6.07, 6.45) is 1.67. The van der Waals surface area contributed by atoms with Crippen molar-refractivity contribution < 1.29 is 18.3 Å². The summed E-state index contributed by atoms with van der Waals surface area (Å²) < 4.78 is 34.8. The Morgan fingerprint density at radius 2 is 2.10 bits per heavy atom. The summed E-state index contributed by atoms with van der Waals surface area (Å²) in [6, 6.07) is 9.78. The number of benzene rings is 2. The standard InChI is InChI=1S/C22H20F2N2O3S/c1-13(20(27)17-11-14(23)8-9-18(17)24)30-22-25-19-7-3-2-6-16(19)21(28)26(22)12-15-5-4-10-29-15/h2-3,6-9,11,13,15H,4-5,10,12H2,1H3. The lowest BCUT2D eigenvalue weighted by Gasteiger charge is -2.18. The maximum absolute atomic E-state index is 14.1. The third-order valence-corrected chi connectivity index (χ3v) is 6.17. The third-order valence-electron chi connectivity index (χ3n) is 5.08. The van der Waals surface area contributed by atoms with Crippen LogP contribution in [0.4, 0.5) is 8.78 Å². The third kappa shape index (κ3) is 4.15. The quantitative estimate of drug-likeness (QED) is 0.333. The highest BCUT2D eigenvalue weighted by atomic mass is 32.2. The number of para-hydroxylation sites is 1. The zero-order valence-corrected chi connectivity index (χ0v) is 17.1. The van der Waals surface area contributed by atoms with Gasteiger partial charge in [0.1, 0.15) is 11.6 Å². The van der Waals surface area contributed by atoms with Crippen LogP contribution in [0.2, 0.25) is 0 Å². The van der Waals surface area contributed by atoms with Gasteiger partial charge in [-0.3, -0.25) is 14.2 Å². The fourth-order valence-electron chi connectivity index (χ4n) is 3.51. The molecule has 8 heteroatoms. The number of hydrogen-bond acceptors (Lipinski definition) is 5. The zero-order chi connectivity index (χ0) is 21.3. The van der Waals surface area contributed by atoms with E-state index in [0.717, 1.165) is 42.8 Å². The zero-order valence-electron chi connectivity index (χ0n) is 16.3. The van der Waals surface area contributed by atoms with Gasteiger partial charge in [-0.15, -0.1) is 0 Å². The van der Waals surface area contributed by atoms with E-state index in [9.17, 15) is 18.4 Å². The Morgan fingerprint density at radius 3 is 2.87 bits per heavy atom. The van der Waals surface area contributed by atoms with Crippen molar-refractivity contribution in [3.8, 4) is 0 Å². The molecule has 1 saturated heterocycles. The van der Waals surface area contributed by atoms with Gasteiger partial charge in [0.2, 0.25) is 0 Å². The maximum Gasteiger partial charge on any atom is 0.262 e. The monoisotopic (exact) mass is 430 g/mol. The van der Waals surface area contributed by atoms with E-state index in [1.165, 1.54) is 4.57 Å². The summed E-state index contributed by atoms with van der Waals surface area (Å²) in [7, 11) is 0. The van der Waals surface area contributed by atoms with Crippen LogP contribution in [0.3, 0.4) is 0 Å². The van der Waals surface area contributed by atoms with Crippen LogP contribution in [0, 0.1) is 11.6 Å². The van der Waals surface area contributed by atoms with Crippen molar-refractivity contribution in [1.82, 2.24) is 9.55 Å². The van der Waals surface area contributed by atoms with Gasteiger partial charge in [-0.05, 0) is 50.1 Å².